The molecule has 0 saturated heterocycles. The Hall–Kier alpha value is -1.54. The first-order chi connectivity index (χ1) is 9.32. The minimum absolute atomic E-state index is 0.0458. The van der Waals surface area contributed by atoms with Crippen LogP contribution in [0, 0.1) is 11.6 Å². The molecule has 0 N–H and O–H groups in total. The van der Waals surface area contributed by atoms with Gasteiger partial charge in [-0.3, -0.25) is 4.57 Å². The molecule has 2 aromatic rings. The Labute approximate surface area is 118 Å². The van der Waals surface area contributed by atoms with E-state index in [0.29, 0.717) is 12.5 Å². The largest absolute Gasteiger partial charge is 0.297 e. The maximum Gasteiger partial charge on any atom is 0.296 e. The summed E-state index contributed by atoms with van der Waals surface area (Å²) < 4.78 is 50.5. The fourth-order valence-electron chi connectivity index (χ4n) is 1.79. The third kappa shape index (κ3) is 2.96. The highest BCUT2D eigenvalue weighted by Crippen LogP contribution is 2.24. The van der Waals surface area contributed by atoms with Gasteiger partial charge in [-0.15, -0.1) is 10.2 Å². The molecule has 0 unspecified atom stereocenters. The SMILES string of the molecule is CCCn1c(-c2cc(F)cc(F)c2)nnc1S(=O)(=O)Cl. The predicted molar refractivity (Wildman–Crippen MR) is 68.7 cm³/mol. The van der Waals surface area contributed by atoms with Crippen LogP contribution in [-0.4, -0.2) is 23.2 Å². The molecule has 9 heteroatoms. The van der Waals surface area contributed by atoms with Gasteiger partial charge in [0.2, 0.25) is 0 Å². The summed E-state index contributed by atoms with van der Waals surface area (Å²) in [7, 11) is 1.17. The second kappa shape index (κ2) is 5.45. The first-order valence-electron chi connectivity index (χ1n) is 5.67. The molecule has 1 aromatic carbocycles. The van der Waals surface area contributed by atoms with Gasteiger partial charge in [-0.1, -0.05) is 6.92 Å². The number of hydrogen-bond donors (Lipinski definition) is 0. The summed E-state index contributed by atoms with van der Waals surface area (Å²) in [5, 5.41) is 6.72. The van der Waals surface area contributed by atoms with Crippen LogP contribution < -0.4 is 0 Å². The van der Waals surface area contributed by atoms with Gasteiger partial charge in [-0.25, -0.2) is 17.2 Å². The minimum atomic E-state index is -4.09. The van der Waals surface area contributed by atoms with E-state index in [4.69, 9.17) is 10.7 Å². The summed E-state index contributed by atoms with van der Waals surface area (Å²) in [4.78, 5) is 0. The summed E-state index contributed by atoms with van der Waals surface area (Å²) in [5.74, 6) is -1.54. The third-order valence-corrected chi connectivity index (χ3v) is 3.66. The highest BCUT2D eigenvalue weighted by Gasteiger charge is 2.23. The van der Waals surface area contributed by atoms with Crippen molar-refractivity contribution in [3.8, 4) is 11.4 Å². The highest BCUT2D eigenvalue weighted by atomic mass is 35.7. The van der Waals surface area contributed by atoms with E-state index in [-0.39, 0.29) is 17.9 Å². The van der Waals surface area contributed by atoms with Gasteiger partial charge >= 0.3 is 0 Å². The van der Waals surface area contributed by atoms with Crippen molar-refractivity contribution >= 4 is 19.7 Å². The molecule has 1 aromatic heterocycles. The van der Waals surface area contributed by atoms with E-state index in [9.17, 15) is 17.2 Å². The van der Waals surface area contributed by atoms with Crippen LogP contribution in [0.3, 0.4) is 0 Å². The van der Waals surface area contributed by atoms with Crippen LogP contribution in [0.2, 0.25) is 0 Å². The number of halogens is 3. The van der Waals surface area contributed by atoms with Gasteiger partial charge in [-0.05, 0) is 18.6 Å². The van der Waals surface area contributed by atoms with E-state index in [0.717, 1.165) is 12.1 Å². The minimum Gasteiger partial charge on any atom is -0.297 e. The average Bonchev–Trinajstić information content (AvgIpc) is 2.71. The Morgan fingerprint density at radius 3 is 2.30 bits per heavy atom. The van der Waals surface area contributed by atoms with Crippen molar-refractivity contribution in [2.75, 3.05) is 0 Å². The van der Waals surface area contributed by atoms with Crippen molar-refractivity contribution < 1.29 is 17.2 Å². The van der Waals surface area contributed by atoms with Gasteiger partial charge in [0.05, 0.1) is 0 Å². The number of hydrogen-bond acceptors (Lipinski definition) is 4. The molecule has 0 amide bonds. The number of benzene rings is 1. The molecular formula is C11H10ClF2N3O2S. The van der Waals surface area contributed by atoms with Gasteiger partial charge in [0.25, 0.3) is 14.2 Å². The first kappa shape index (κ1) is 14.9. The van der Waals surface area contributed by atoms with Crippen LogP contribution in [0.15, 0.2) is 23.4 Å². The smallest absolute Gasteiger partial charge is 0.296 e. The first-order valence-corrected chi connectivity index (χ1v) is 7.98. The van der Waals surface area contributed by atoms with Crippen molar-refractivity contribution in [3.05, 3.63) is 29.8 Å². The number of rotatable bonds is 4. The Bertz CT molecular complexity index is 726. The lowest BCUT2D eigenvalue weighted by molar-refractivity contribution is 0.568. The second-order valence-electron chi connectivity index (χ2n) is 4.05. The van der Waals surface area contributed by atoms with E-state index >= 15 is 0 Å². The van der Waals surface area contributed by atoms with E-state index < -0.39 is 25.8 Å². The molecular weight excluding hydrogens is 312 g/mol. The molecule has 0 saturated carbocycles. The molecule has 0 spiro atoms. The van der Waals surface area contributed by atoms with Gasteiger partial charge in [0.1, 0.15) is 11.6 Å². The van der Waals surface area contributed by atoms with Crippen LogP contribution in [0.25, 0.3) is 11.4 Å². The van der Waals surface area contributed by atoms with E-state index in [1.165, 1.54) is 4.57 Å². The van der Waals surface area contributed by atoms with E-state index in [1.807, 2.05) is 0 Å². The molecule has 0 fully saturated rings. The average molecular weight is 322 g/mol. The molecule has 5 nitrogen and oxygen atoms in total. The quantitative estimate of drug-likeness (QED) is 0.812. The Kier molecular flexibility index (Phi) is 4.05. The highest BCUT2D eigenvalue weighted by molar-refractivity contribution is 8.13. The molecule has 0 aliphatic heterocycles. The summed E-state index contributed by atoms with van der Waals surface area (Å²) in [6.45, 7) is 2.06. The number of nitrogens with zero attached hydrogens (tertiary/aromatic N) is 3. The monoisotopic (exact) mass is 321 g/mol. The maximum atomic E-state index is 13.2. The second-order valence-corrected chi connectivity index (χ2v) is 6.51. The molecule has 0 bridgehead atoms. The van der Waals surface area contributed by atoms with Crippen LogP contribution in [0.5, 0.6) is 0 Å². The van der Waals surface area contributed by atoms with Crippen molar-refractivity contribution in [1.29, 1.82) is 0 Å². The summed E-state index contributed by atoms with van der Waals surface area (Å²) in [6, 6.07) is 2.80. The molecule has 1 heterocycles. The summed E-state index contributed by atoms with van der Waals surface area (Å²) >= 11 is 0. The van der Waals surface area contributed by atoms with Crippen LogP contribution in [0.1, 0.15) is 13.3 Å². The van der Waals surface area contributed by atoms with E-state index in [1.54, 1.807) is 6.92 Å². The fourth-order valence-corrected chi connectivity index (χ4v) is 2.71. The Balaban J connectivity index is 2.65. The van der Waals surface area contributed by atoms with Gasteiger partial charge in [-0.2, -0.15) is 0 Å². The lowest BCUT2D eigenvalue weighted by Crippen LogP contribution is -2.07. The topological polar surface area (TPSA) is 64.8 Å². The zero-order valence-electron chi connectivity index (χ0n) is 10.3. The molecule has 108 valence electrons. The third-order valence-electron chi connectivity index (χ3n) is 2.50. The zero-order chi connectivity index (χ0) is 14.9. The van der Waals surface area contributed by atoms with Crippen LogP contribution in [-0.2, 0) is 15.6 Å². The molecule has 20 heavy (non-hydrogen) atoms. The van der Waals surface area contributed by atoms with Gasteiger partial charge in [0, 0.05) is 28.9 Å². The van der Waals surface area contributed by atoms with E-state index in [2.05, 4.69) is 10.2 Å². The van der Waals surface area contributed by atoms with Crippen LogP contribution in [0.4, 0.5) is 8.78 Å². The molecule has 2 rings (SSSR count). The Morgan fingerprint density at radius 1 is 1.20 bits per heavy atom. The normalized spacial score (nSPS) is 11.8. The zero-order valence-corrected chi connectivity index (χ0v) is 11.9. The van der Waals surface area contributed by atoms with Crippen LogP contribution >= 0.6 is 10.7 Å². The molecule has 0 radical (unpaired) electrons. The molecule has 0 aliphatic carbocycles. The van der Waals surface area contributed by atoms with Crippen molar-refractivity contribution in [1.82, 2.24) is 14.8 Å². The van der Waals surface area contributed by atoms with Crippen molar-refractivity contribution in [2.24, 2.45) is 0 Å². The van der Waals surface area contributed by atoms with Gasteiger partial charge < -0.3 is 0 Å². The van der Waals surface area contributed by atoms with Crippen molar-refractivity contribution in [2.45, 2.75) is 25.0 Å². The standard InChI is InChI=1S/C11H10ClF2N3O2S/c1-2-3-17-10(15-16-11(17)20(12,18)19)7-4-8(13)6-9(14)5-7/h4-6H,2-3H2,1H3. The van der Waals surface area contributed by atoms with Gasteiger partial charge in [0.15, 0.2) is 5.82 Å². The Morgan fingerprint density at radius 2 is 1.80 bits per heavy atom. The lowest BCUT2D eigenvalue weighted by Gasteiger charge is -2.07. The maximum absolute atomic E-state index is 13.2. The van der Waals surface area contributed by atoms with Crippen molar-refractivity contribution in [3.63, 3.8) is 0 Å². The predicted octanol–water partition coefficient (Wildman–Crippen LogP) is 2.56. The summed E-state index contributed by atoms with van der Waals surface area (Å²) in [6.07, 6.45) is 0.572. The fraction of sp³-hybridized carbons (Fsp3) is 0.273. The summed E-state index contributed by atoms with van der Waals surface area (Å²) in [5.41, 5.74) is 0.0926. The number of aromatic nitrogens is 3. The molecule has 0 atom stereocenters. The molecule has 0 aliphatic rings. The lowest BCUT2D eigenvalue weighted by atomic mass is 10.2.